The molecule has 12 heteroatoms. The van der Waals surface area contributed by atoms with Crippen molar-refractivity contribution in [2.45, 2.75) is 51.0 Å². The summed E-state index contributed by atoms with van der Waals surface area (Å²) in [4.78, 5) is 49.9. The molecule has 1 saturated heterocycles. The minimum Gasteiger partial charge on any atom is -0.396 e. The number of carbonyl (C=O) groups is 3. The van der Waals surface area contributed by atoms with E-state index in [1.165, 1.54) is 11.3 Å². The van der Waals surface area contributed by atoms with Crippen LogP contribution in [0.25, 0.3) is 10.6 Å². The number of nitrogens with one attached hydrogen (secondary N) is 1. The van der Waals surface area contributed by atoms with E-state index in [9.17, 15) is 19.5 Å². The highest BCUT2D eigenvalue weighted by atomic mass is 32.1. The number of ether oxygens (including phenoxy) is 1. The SMILES string of the molecule is O=C1Nc2cn(C3CCOCC3)nc2C(=O)CCCN(C(=O)CCO)CCCc2cc(ccn2)-c2nc1cs2. The van der Waals surface area contributed by atoms with E-state index in [-0.39, 0.29) is 48.6 Å². The largest absolute Gasteiger partial charge is 0.396 e. The summed E-state index contributed by atoms with van der Waals surface area (Å²) >= 11 is 1.36. The fourth-order valence-corrected chi connectivity index (χ4v) is 5.68. The molecular formula is C27H32N6O5S. The lowest BCUT2D eigenvalue weighted by Gasteiger charge is -2.22. The molecule has 3 aromatic heterocycles. The number of aliphatic hydroxyl groups is 1. The van der Waals surface area contributed by atoms with Gasteiger partial charge in [-0.2, -0.15) is 5.10 Å². The highest BCUT2D eigenvalue weighted by Crippen LogP contribution is 2.28. The van der Waals surface area contributed by atoms with Gasteiger partial charge >= 0.3 is 0 Å². The summed E-state index contributed by atoms with van der Waals surface area (Å²) < 4.78 is 7.23. The molecule has 3 aromatic rings. The first kappa shape index (κ1) is 27.1. The normalized spacial score (nSPS) is 17.7. The maximum atomic E-state index is 13.3. The lowest BCUT2D eigenvalue weighted by Crippen LogP contribution is -2.34. The van der Waals surface area contributed by atoms with Crippen LogP contribution in [-0.4, -0.2) is 80.3 Å². The number of aliphatic hydroxyl groups excluding tert-OH is 1. The Balaban J connectivity index is 1.46. The summed E-state index contributed by atoms with van der Waals surface area (Å²) in [6.07, 6.45) is 6.98. The van der Waals surface area contributed by atoms with E-state index in [0.29, 0.717) is 56.3 Å². The van der Waals surface area contributed by atoms with Crippen LogP contribution in [0.3, 0.4) is 0 Å². The molecule has 5 rings (SSSR count). The second-order valence-electron chi connectivity index (χ2n) is 9.73. The number of amides is 2. The Bertz CT molecular complexity index is 1330. The standard InChI is InChI=1S/C27H32N6O5S/c34-12-6-24(36)32-10-1-3-19-15-18(5-9-28-19)27-30-22(17-39-27)26(37)29-21-16-33(20-7-13-38-14-8-20)31-25(21)23(35)4-2-11-32/h5,9,15-17,20,34H,1-4,6-8,10-14H2,(H,29,37). The highest BCUT2D eigenvalue weighted by Gasteiger charge is 2.25. The molecule has 4 bridgehead atoms. The van der Waals surface area contributed by atoms with Crippen LogP contribution in [0.1, 0.15) is 71.2 Å². The smallest absolute Gasteiger partial charge is 0.275 e. The molecule has 0 saturated carbocycles. The number of aromatic nitrogens is 4. The van der Waals surface area contributed by atoms with Crippen molar-refractivity contribution < 1.29 is 24.2 Å². The minimum atomic E-state index is -0.408. The molecule has 5 heterocycles. The number of hydrogen-bond donors (Lipinski definition) is 2. The van der Waals surface area contributed by atoms with Gasteiger partial charge in [-0.15, -0.1) is 11.3 Å². The third kappa shape index (κ3) is 6.57. The van der Waals surface area contributed by atoms with Crippen molar-refractivity contribution in [2.24, 2.45) is 0 Å². The zero-order valence-electron chi connectivity index (χ0n) is 21.7. The number of fused-ring (bicyclic) bond motifs is 6. The number of pyridine rings is 1. The van der Waals surface area contributed by atoms with Gasteiger partial charge in [-0.25, -0.2) is 4.98 Å². The van der Waals surface area contributed by atoms with Crippen molar-refractivity contribution in [3.63, 3.8) is 0 Å². The van der Waals surface area contributed by atoms with Crippen LogP contribution >= 0.6 is 11.3 Å². The van der Waals surface area contributed by atoms with Crippen LogP contribution in [0.15, 0.2) is 29.9 Å². The fourth-order valence-electron chi connectivity index (χ4n) is 4.89. The Morgan fingerprint density at radius 1 is 1.18 bits per heavy atom. The van der Waals surface area contributed by atoms with Gasteiger partial charge in [0.2, 0.25) is 5.91 Å². The lowest BCUT2D eigenvalue weighted by molar-refractivity contribution is -0.132. The van der Waals surface area contributed by atoms with Crippen molar-refractivity contribution >= 4 is 34.6 Å². The second kappa shape index (κ2) is 12.6. The third-order valence-corrected chi connectivity index (χ3v) is 7.87. The number of carbonyl (C=O) groups excluding carboxylic acids is 3. The first-order valence-corrected chi connectivity index (χ1v) is 14.2. The molecule has 0 spiro atoms. The molecule has 2 aliphatic heterocycles. The van der Waals surface area contributed by atoms with E-state index in [4.69, 9.17) is 4.74 Å². The van der Waals surface area contributed by atoms with E-state index in [0.717, 1.165) is 24.1 Å². The van der Waals surface area contributed by atoms with Crippen molar-refractivity contribution in [3.05, 3.63) is 47.0 Å². The average molecular weight is 553 g/mol. The van der Waals surface area contributed by atoms with Crippen LogP contribution < -0.4 is 5.32 Å². The van der Waals surface area contributed by atoms with Crippen LogP contribution in [-0.2, 0) is 16.0 Å². The van der Waals surface area contributed by atoms with E-state index in [1.807, 2.05) is 12.1 Å². The lowest BCUT2D eigenvalue weighted by atomic mass is 10.1. The molecule has 2 N–H and O–H groups in total. The molecule has 0 aromatic carbocycles. The maximum absolute atomic E-state index is 13.3. The highest BCUT2D eigenvalue weighted by molar-refractivity contribution is 7.13. The summed E-state index contributed by atoms with van der Waals surface area (Å²) in [6, 6.07) is 3.89. The summed E-state index contributed by atoms with van der Waals surface area (Å²) in [6.45, 7) is 1.90. The van der Waals surface area contributed by atoms with Gasteiger partial charge in [0.25, 0.3) is 5.91 Å². The van der Waals surface area contributed by atoms with Gasteiger partial charge in [-0.05, 0) is 44.2 Å². The van der Waals surface area contributed by atoms with Crippen LogP contribution in [0, 0.1) is 0 Å². The number of nitrogens with zero attached hydrogens (tertiary/aromatic N) is 5. The van der Waals surface area contributed by atoms with Crippen LogP contribution in [0.4, 0.5) is 5.69 Å². The van der Waals surface area contributed by atoms with Gasteiger partial charge in [0.1, 0.15) is 10.7 Å². The molecule has 0 radical (unpaired) electrons. The van der Waals surface area contributed by atoms with E-state index in [2.05, 4.69) is 20.4 Å². The molecule has 1 fully saturated rings. The van der Waals surface area contributed by atoms with E-state index < -0.39 is 5.91 Å². The zero-order chi connectivity index (χ0) is 27.2. The Hall–Kier alpha value is -3.48. The third-order valence-electron chi connectivity index (χ3n) is 6.98. The number of anilines is 1. The molecule has 206 valence electrons. The predicted molar refractivity (Wildman–Crippen MR) is 145 cm³/mol. The van der Waals surface area contributed by atoms with Gasteiger partial charge in [0.15, 0.2) is 11.5 Å². The summed E-state index contributed by atoms with van der Waals surface area (Å²) in [5.74, 6) is -0.757. The topological polar surface area (TPSA) is 140 Å². The van der Waals surface area contributed by atoms with Gasteiger partial charge in [-0.3, -0.25) is 24.0 Å². The van der Waals surface area contributed by atoms with Crippen molar-refractivity contribution in [1.82, 2.24) is 24.6 Å². The van der Waals surface area contributed by atoms with Crippen molar-refractivity contribution in [3.8, 4) is 10.6 Å². The number of ketones is 1. The van der Waals surface area contributed by atoms with Gasteiger partial charge in [0.05, 0.1) is 18.3 Å². The molecule has 39 heavy (non-hydrogen) atoms. The quantitative estimate of drug-likeness (QED) is 0.505. The molecule has 0 unspecified atom stereocenters. The van der Waals surface area contributed by atoms with E-state index >= 15 is 0 Å². The van der Waals surface area contributed by atoms with Crippen molar-refractivity contribution in [2.75, 3.05) is 38.2 Å². The number of hydrogen-bond acceptors (Lipinski definition) is 9. The Morgan fingerprint density at radius 3 is 2.77 bits per heavy atom. The summed E-state index contributed by atoms with van der Waals surface area (Å²) in [5.41, 5.74) is 2.56. The van der Waals surface area contributed by atoms with Crippen LogP contribution in [0.2, 0.25) is 0 Å². The number of Topliss-reactive ketones (excluding diaryl/α,β-unsaturated/α-hetero) is 1. The molecular weight excluding hydrogens is 520 g/mol. The number of aryl methyl sites for hydroxylation is 1. The Morgan fingerprint density at radius 2 is 1.97 bits per heavy atom. The fraction of sp³-hybridized carbons (Fsp3) is 0.481. The van der Waals surface area contributed by atoms with E-state index in [1.54, 1.807) is 27.4 Å². The monoisotopic (exact) mass is 552 g/mol. The first-order valence-electron chi connectivity index (χ1n) is 13.3. The molecule has 0 aliphatic carbocycles. The Kier molecular flexibility index (Phi) is 8.74. The maximum Gasteiger partial charge on any atom is 0.275 e. The molecule has 0 atom stereocenters. The van der Waals surface area contributed by atoms with Gasteiger partial charge in [-0.1, -0.05) is 0 Å². The molecule has 2 amide bonds. The summed E-state index contributed by atoms with van der Waals surface area (Å²) in [5, 5.41) is 19.2. The second-order valence-corrected chi connectivity index (χ2v) is 10.6. The predicted octanol–water partition coefficient (Wildman–Crippen LogP) is 3.13. The molecule has 2 aliphatic rings. The number of thiazole rings is 1. The zero-order valence-corrected chi connectivity index (χ0v) is 22.5. The summed E-state index contributed by atoms with van der Waals surface area (Å²) in [7, 11) is 0. The average Bonchev–Trinajstić information content (AvgIpc) is 3.61. The first-order chi connectivity index (χ1) is 19.0. The molecule has 11 nitrogen and oxygen atoms in total. The number of rotatable bonds is 3. The van der Waals surface area contributed by atoms with Gasteiger partial charge < -0.3 is 20.1 Å². The van der Waals surface area contributed by atoms with Gasteiger partial charge in [0, 0.05) is 68.2 Å². The Labute approximate surface area is 230 Å². The minimum absolute atomic E-state index is 0.0414. The van der Waals surface area contributed by atoms with Crippen molar-refractivity contribution in [1.29, 1.82) is 0 Å². The van der Waals surface area contributed by atoms with Crippen LogP contribution in [0.5, 0.6) is 0 Å².